The highest BCUT2D eigenvalue weighted by Gasteiger charge is 2.09. The predicted molar refractivity (Wildman–Crippen MR) is 80.9 cm³/mol. The summed E-state index contributed by atoms with van der Waals surface area (Å²) in [6.07, 6.45) is 3.68. The molecule has 0 saturated heterocycles. The zero-order valence-corrected chi connectivity index (χ0v) is 11.5. The van der Waals surface area contributed by atoms with Gasteiger partial charge in [0.2, 0.25) is 5.89 Å². The van der Waals surface area contributed by atoms with Gasteiger partial charge in [0.1, 0.15) is 11.3 Å². The molecular formula is C15H10ClN3O2. The largest absolute Gasteiger partial charge is 0.436 e. The molecule has 1 aromatic carbocycles. The van der Waals surface area contributed by atoms with Crippen molar-refractivity contribution in [3.8, 4) is 0 Å². The van der Waals surface area contributed by atoms with Crippen LogP contribution in [0, 0.1) is 0 Å². The number of halogens is 1. The van der Waals surface area contributed by atoms with E-state index in [2.05, 4.69) is 15.3 Å². The molecule has 0 amide bonds. The van der Waals surface area contributed by atoms with E-state index in [4.69, 9.17) is 16.0 Å². The fourth-order valence-electron chi connectivity index (χ4n) is 1.75. The lowest BCUT2D eigenvalue weighted by atomic mass is 10.3. The summed E-state index contributed by atoms with van der Waals surface area (Å²) in [5.41, 5.74) is 1.62. The number of nitrogens with zero attached hydrogens (tertiary/aromatic N) is 2. The van der Waals surface area contributed by atoms with Crippen LogP contribution in [0.1, 0.15) is 5.89 Å². The minimum Gasteiger partial charge on any atom is -0.436 e. The van der Waals surface area contributed by atoms with E-state index in [1.165, 1.54) is 12.4 Å². The standard InChI is InChI=1S/C15H10ClN3O2/c16-11-5-6-14(18-8-11)17-7-10(9-20)15-19-12-3-1-2-4-13(12)21-15/h1-9H,(H,17,18). The molecule has 0 aliphatic heterocycles. The summed E-state index contributed by atoms with van der Waals surface area (Å²) in [6, 6.07) is 10.7. The highest BCUT2D eigenvalue weighted by atomic mass is 35.5. The number of carbonyl (C=O) groups excluding carboxylic acids is 1. The number of allylic oxidation sites excluding steroid dienone is 1. The van der Waals surface area contributed by atoms with Crippen LogP contribution >= 0.6 is 11.6 Å². The highest BCUT2D eigenvalue weighted by molar-refractivity contribution is 6.30. The first kappa shape index (κ1) is 13.3. The molecule has 0 saturated carbocycles. The first-order valence-electron chi connectivity index (χ1n) is 6.15. The van der Waals surface area contributed by atoms with Crippen molar-refractivity contribution < 1.29 is 9.21 Å². The number of rotatable bonds is 4. The zero-order chi connectivity index (χ0) is 14.7. The molecular weight excluding hydrogens is 290 g/mol. The van der Waals surface area contributed by atoms with Crippen LogP contribution < -0.4 is 5.32 Å². The Morgan fingerprint density at radius 2 is 2.10 bits per heavy atom. The summed E-state index contributed by atoms with van der Waals surface area (Å²) >= 11 is 5.76. The molecule has 0 unspecified atom stereocenters. The van der Waals surface area contributed by atoms with E-state index in [1.807, 2.05) is 18.2 Å². The van der Waals surface area contributed by atoms with Gasteiger partial charge in [0.05, 0.1) is 10.6 Å². The van der Waals surface area contributed by atoms with Crippen LogP contribution in [0.15, 0.2) is 53.2 Å². The predicted octanol–water partition coefficient (Wildman–Crippen LogP) is 3.53. The smallest absolute Gasteiger partial charge is 0.232 e. The van der Waals surface area contributed by atoms with Gasteiger partial charge in [0.25, 0.3) is 0 Å². The maximum atomic E-state index is 11.2. The zero-order valence-electron chi connectivity index (χ0n) is 10.8. The monoisotopic (exact) mass is 299 g/mol. The summed E-state index contributed by atoms with van der Waals surface area (Å²) in [6.45, 7) is 0. The third kappa shape index (κ3) is 2.93. The number of fused-ring (bicyclic) bond motifs is 1. The second-order valence-corrected chi connectivity index (χ2v) is 4.65. The Bertz CT molecular complexity index is 776. The molecule has 0 aliphatic carbocycles. The van der Waals surface area contributed by atoms with Gasteiger partial charge in [-0.15, -0.1) is 0 Å². The lowest BCUT2D eigenvalue weighted by Gasteiger charge is -2.00. The van der Waals surface area contributed by atoms with E-state index in [1.54, 1.807) is 18.2 Å². The molecule has 6 heteroatoms. The summed E-state index contributed by atoms with van der Waals surface area (Å²) in [5.74, 6) is 0.822. The Kier molecular flexibility index (Phi) is 3.66. The quantitative estimate of drug-likeness (QED) is 0.589. The van der Waals surface area contributed by atoms with Crippen LogP contribution in [0.4, 0.5) is 5.82 Å². The van der Waals surface area contributed by atoms with Crippen LogP contribution in [0.5, 0.6) is 0 Å². The molecule has 2 heterocycles. The van der Waals surface area contributed by atoms with E-state index in [0.717, 1.165) is 0 Å². The highest BCUT2D eigenvalue weighted by Crippen LogP contribution is 2.20. The Labute approximate surface area is 125 Å². The van der Waals surface area contributed by atoms with Crippen molar-refractivity contribution in [2.45, 2.75) is 0 Å². The van der Waals surface area contributed by atoms with Gasteiger partial charge in [0, 0.05) is 12.4 Å². The molecule has 104 valence electrons. The van der Waals surface area contributed by atoms with Gasteiger partial charge < -0.3 is 9.73 Å². The molecule has 5 nitrogen and oxygen atoms in total. The normalized spacial score (nSPS) is 11.6. The fraction of sp³-hybridized carbons (Fsp3) is 0. The summed E-state index contributed by atoms with van der Waals surface area (Å²) < 4.78 is 5.54. The molecule has 2 aromatic heterocycles. The Balaban J connectivity index is 1.88. The maximum absolute atomic E-state index is 11.2. The van der Waals surface area contributed by atoms with E-state index in [9.17, 15) is 4.79 Å². The molecule has 0 spiro atoms. The van der Waals surface area contributed by atoms with Crippen LogP contribution in [-0.4, -0.2) is 16.3 Å². The van der Waals surface area contributed by atoms with Crippen molar-refractivity contribution in [3.63, 3.8) is 0 Å². The van der Waals surface area contributed by atoms with Crippen LogP contribution in [0.25, 0.3) is 16.7 Å². The number of nitrogens with one attached hydrogen (secondary N) is 1. The maximum Gasteiger partial charge on any atom is 0.232 e. The number of carbonyl (C=O) groups is 1. The molecule has 0 radical (unpaired) electrons. The van der Waals surface area contributed by atoms with Gasteiger partial charge in [0.15, 0.2) is 11.9 Å². The number of pyridine rings is 1. The topological polar surface area (TPSA) is 68.0 Å². The number of anilines is 1. The molecule has 3 aromatic rings. The molecule has 3 rings (SSSR count). The number of para-hydroxylation sites is 2. The lowest BCUT2D eigenvalue weighted by molar-refractivity contribution is -0.103. The molecule has 21 heavy (non-hydrogen) atoms. The van der Waals surface area contributed by atoms with Crippen molar-refractivity contribution >= 4 is 40.4 Å². The second-order valence-electron chi connectivity index (χ2n) is 4.21. The Morgan fingerprint density at radius 3 is 2.81 bits per heavy atom. The van der Waals surface area contributed by atoms with E-state index in [0.29, 0.717) is 33.8 Å². The van der Waals surface area contributed by atoms with Crippen molar-refractivity contribution in [1.82, 2.24) is 9.97 Å². The Morgan fingerprint density at radius 1 is 1.24 bits per heavy atom. The third-order valence-corrected chi connectivity index (χ3v) is 2.99. The second kappa shape index (κ2) is 5.76. The van der Waals surface area contributed by atoms with Crippen molar-refractivity contribution in [2.75, 3.05) is 5.32 Å². The molecule has 0 aliphatic rings. The molecule has 1 N–H and O–H groups in total. The summed E-state index contributed by atoms with van der Waals surface area (Å²) in [7, 11) is 0. The first-order valence-corrected chi connectivity index (χ1v) is 6.53. The van der Waals surface area contributed by atoms with Gasteiger partial charge in [-0.1, -0.05) is 23.7 Å². The van der Waals surface area contributed by atoms with Crippen LogP contribution in [0.3, 0.4) is 0 Å². The summed E-state index contributed by atoms with van der Waals surface area (Å²) in [4.78, 5) is 19.5. The van der Waals surface area contributed by atoms with Crippen LogP contribution in [-0.2, 0) is 4.79 Å². The third-order valence-electron chi connectivity index (χ3n) is 2.77. The summed E-state index contributed by atoms with van der Waals surface area (Å²) in [5, 5.41) is 3.44. The van der Waals surface area contributed by atoms with Crippen LogP contribution in [0.2, 0.25) is 5.02 Å². The number of aldehydes is 1. The van der Waals surface area contributed by atoms with Gasteiger partial charge in [-0.25, -0.2) is 9.97 Å². The Hall–Kier alpha value is -2.66. The number of oxazole rings is 1. The van der Waals surface area contributed by atoms with Gasteiger partial charge in [-0.05, 0) is 24.3 Å². The number of hydrogen-bond acceptors (Lipinski definition) is 5. The van der Waals surface area contributed by atoms with Gasteiger partial charge in [-0.3, -0.25) is 4.79 Å². The molecule has 0 bridgehead atoms. The van der Waals surface area contributed by atoms with Gasteiger partial charge in [-0.2, -0.15) is 0 Å². The molecule has 0 fully saturated rings. The average molecular weight is 300 g/mol. The lowest BCUT2D eigenvalue weighted by Crippen LogP contribution is -1.95. The average Bonchev–Trinajstić information content (AvgIpc) is 2.93. The van der Waals surface area contributed by atoms with Gasteiger partial charge >= 0.3 is 0 Å². The van der Waals surface area contributed by atoms with E-state index >= 15 is 0 Å². The number of hydrogen-bond donors (Lipinski definition) is 1. The van der Waals surface area contributed by atoms with Crippen molar-refractivity contribution in [3.05, 3.63) is 59.7 Å². The number of aromatic nitrogens is 2. The minimum absolute atomic E-state index is 0.257. The van der Waals surface area contributed by atoms with Crippen molar-refractivity contribution in [1.29, 1.82) is 0 Å². The SMILES string of the molecule is O=CC(=CNc1ccc(Cl)cn1)c1nc2ccccc2o1. The number of benzene rings is 1. The molecule has 0 atom stereocenters. The minimum atomic E-state index is 0.257. The van der Waals surface area contributed by atoms with E-state index in [-0.39, 0.29) is 5.89 Å². The fourth-order valence-corrected chi connectivity index (χ4v) is 1.87. The van der Waals surface area contributed by atoms with E-state index < -0.39 is 0 Å². The first-order chi connectivity index (χ1) is 10.3. The van der Waals surface area contributed by atoms with Crippen molar-refractivity contribution in [2.24, 2.45) is 0 Å².